The zero-order valence-corrected chi connectivity index (χ0v) is 20.1. The Morgan fingerprint density at radius 3 is 2.45 bits per heavy atom. The van der Waals surface area contributed by atoms with Crippen molar-refractivity contribution in [3.8, 4) is 11.5 Å². The Bertz CT molecular complexity index is 1300. The summed E-state index contributed by atoms with van der Waals surface area (Å²) in [6.07, 6.45) is 0.822. The van der Waals surface area contributed by atoms with Gasteiger partial charge in [0.15, 0.2) is 11.5 Å². The van der Waals surface area contributed by atoms with Crippen LogP contribution >= 0.6 is 11.6 Å². The van der Waals surface area contributed by atoms with Crippen molar-refractivity contribution >= 4 is 44.5 Å². The molecule has 9 nitrogen and oxygen atoms in total. The van der Waals surface area contributed by atoms with Gasteiger partial charge < -0.3 is 14.0 Å². The maximum Gasteiger partial charge on any atom is 0.243 e. The summed E-state index contributed by atoms with van der Waals surface area (Å²) in [6, 6.07) is 9.86. The molecule has 176 valence electrons. The molecule has 1 aromatic heterocycles. The van der Waals surface area contributed by atoms with E-state index in [4.69, 9.17) is 21.1 Å². The fourth-order valence-corrected chi connectivity index (χ4v) is 5.63. The molecule has 0 radical (unpaired) electrons. The van der Waals surface area contributed by atoms with Crippen LogP contribution < -0.4 is 14.8 Å². The smallest absolute Gasteiger partial charge is 0.243 e. The van der Waals surface area contributed by atoms with E-state index in [9.17, 15) is 13.2 Å². The number of anilines is 1. The van der Waals surface area contributed by atoms with Crippen LogP contribution in [0.5, 0.6) is 11.5 Å². The molecule has 3 aromatic rings. The van der Waals surface area contributed by atoms with Crippen LogP contribution in [0.4, 0.5) is 5.95 Å². The van der Waals surface area contributed by atoms with E-state index in [1.165, 1.54) is 30.7 Å². The summed E-state index contributed by atoms with van der Waals surface area (Å²) >= 11 is 6.03. The molecule has 1 saturated heterocycles. The molecule has 0 spiro atoms. The second-order valence-corrected chi connectivity index (χ2v) is 10.2. The number of sulfonamides is 1. The number of rotatable bonds is 6. The molecule has 0 aliphatic carbocycles. The summed E-state index contributed by atoms with van der Waals surface area (Å²) in [5.74, 6) is 0.734. The number of amides is 1. The van der Waals surface area contributed by atoms with Crippen LogP contribution in [0.2, 0.25) is 5.02 Å². The number of methoxy groups -OCH3 is 2. The molecule has 1 amide bonds. The lowest BCUT2D eigenvalue weighted by Gasteiger charge is -2.30. The Hall–Kier alpha value is -2.82. The minimum absolute atomic E-state index is 0.126. The van der Waals surface area contributed by atoms with Gasteiger partial charge in [0, 0.05) is 37.1 Å². The second kappa shape index (κ2) is 9.20. The van der Waals surface area contributed by atoms with Crippen LogP contribution in [0.3, 0.4) is 0 Å². The van der Waals surface area contributed by atoms with Crippen molar-refractivity contribution in [2.75, 3.05) is 32.6 Å². The number of aromatic nitrogens is 2. The number of nitrogens with zero attached hydrogens (tertiary/aromatic N) is 3. The quantitative estimate of drug-likeness (QED) is 0.566. The third kappa shape index (κ3) is 4.50. The molecule has 1 aliphatic heterocycles. The van der Waals surface area contributed by atoms with Gasteiger partial charge >= 0.3 is 0 Å². The van der Waals surface area contributed by atoms with Crippen molar-refractivity contribution in [3.63, 3.8) is 0 Å². The number of carbonyl (C=O) groups is 1. The fraction of sp³-hybridized carbons (Fsp3) is 0.364. The highest BCUT2D eigenvalue weighted by Gasteiger charge is 2.33. The summed E-state index contributed by atoms with van der Waals surface area (Å²) in [4.78, 5) is 17.4. The number of hydrogen-bond acceptors (Lipinski definition) is 6. The summed E-state index contributed by atoms with van der Waals surface area (Å²) < 4.78 is 39.8. The predicted molar refractivity (Wildman–Crippen MR) is 125 cm³/mol. The van der Waals surface area contributed by atoms with E-state index in [1.807, 2.05) is 13.1 Å². The van der Waals surface area contributed by atoms with Gasteiger partial charge in [-0.3, -0.25) is 10.1 Å². The zero-order valence-electron chi connectivity index (χ0n) is 18.5. The number of ether oxygens (including phenoxy) is 2. The standard InChI is InChI=1S/C22H25ClN4O5S/c1-26-18-6-4-15(23)12-17(18)24-22(26)25-21(28)14-8-10-27(11-9-14)33(29,30)16-5-7-19(31-2)20(13-16)32-3/h4-7,12-14H,8-11H2,1-3H3,(H,24,25,28). The van der Waals surface area contributed by atoms with Crippen molar-refractivity contribution in [2.45, 2.75) is 17.7 Å². The number of benzene rings is 2. The molecular weight excluding hydrogens is 468 g/mol. The van der Waals surface area contributed by atoms with Gasteiger partial charge in [0.05, 0.1) is 30.1 Å². The van der Waals surface area contributed by atoms with Gasteiger partial charge in [-0.15, -0.1) is 0 Å². The van der Waals surface area contributed by atoms with Crippen molar-refractivity contribution in [2.24, 2.45) is 13.0 Å². The molecule has 0 saturated carbocycles. The molecule has 11 heteroatoms. The van der Waals surface area contributed by atoms with Crippen LogP contribution in [-0.2, 0) is 21.9 Å². The lowest BCUT2D eigenvalue weighted by Crippen LogP contribution is -2.41. The first-order chi connectivity index (χ1) is 15.7. The third-order valence-corrected chi connectivity index (χ3v) is 8.03. The van der Waals surface area contributed by atoms with Crippen LogP contribution in [-0.4, -0.2) is 55.5 Å². The van der Waals surface area contributed by atoms with Crippen molar-refractivity contribution < 1.29 is 22.7 Å². The van der Waals surface area contributed by atoms with E-state index < -0.39 is 10.0 Å². The molecule has 2 aromatic carbocycles. The van der Waals surface area contributed by atoms with Gasteiger partial charge in [-0.2, -0.15) is 4.31 Å². The van der Waals surface area contributed by atoms with E-state index in [1.54, 1.807) is 22.8 Å². The molecule has 0 bridgehead atoms. The van der Waals surface area contributed by atoms with Crippen molar-refractivity contribution in [3.05, 3.63) is 41.4 Å². The highest BCUT2D eigenvalue weighted by Crippen LogP contribution is 2.32. The normalized spacial score (nSPS) is 15.5. The number of nitrogens with one attached hydrogen (secondary N) is 1. The number of piperidine rings is 1. The molecule has 33 heavy (non-hydrogen) atoms. The minimum Gasteiger partial charge on any atom is -0.493 e. The number of halogens is 1. The molecule has 0 unspecified atom stereocenters. The SMILES string of the molecule is COc1ccc(S(=O)(=O)N2CCC(C(=O)Nc3nc4cc(Cl)ccc4n3C)CC2)cc1OC. The van der Waals surface area contributed by atoms with Gasteiger partial charge in [-0.1, -0.05) is 11.6 Å². The second-order valence-electron chi connectivity index (χ2n) is 7.81. The largest absolute Gasteiger partial charge is 0.493 e. The van der Waals surface area contributed by atoms with E-state index in [0.717, 1.165) is 5.52 Å². The van der Waals surface area contributed by atoms with Crippen LogP contribution in [0, 0.1) is 5.92 Å². The number of imidazole rings is 1. The first-order valence-corrected chi connectivity index (χ1v) is 12.2. The monoisotopic (exact) mass is 492 g/mol. The Kier molecular flexibility index (Phi) is 6.51. The Balaban J connectivity index is 1.43. The Morgan fingerprint density at radius 2 is 1.79 bits per heavy atom. The first-order valence-electron chi connectivity index (χ1n) is 10.4. The average molecular weight is 493 g/mol. The molecule has 0 atom stereocenters. The van der Waals surface area contributed by atoms with Gasteiger partial charge in [-0.25, -0.2) is 13.4 Å². The lowest BCUT2D eigenvalue weighted by molar-refractivity contribution is -0.121. The van der Waals surface area contributed by atoms with Gasteiger partial charge in [0.1, 0.15) is 0 Å². The van der Waals surface area contributed by atoms with Gasteiger partial charge in [0.2, 0.25) is 21.9 Å². The van der Waals surface area contributed by atoms with Crippen LogP contribution in [0.15, 0.2) is 41.3 Å². The number of hydrogen-bond donors (Lipinski definition) is 1. The van der Waals surface area contributed by atoms with Gasteiger partial charge in [0.25, 0.3) is 0 Å². The van der Waals surface area contributed by atoms with Crippen LogP contribution in [0.25, 0.3) is 11.0 Å². The lowest BCUT2D eigenvalue weighted by atomic mass is 9.97. The van der Waals surface area contributed by atoms with E-state index >= 15 is 0 Å². The van der Waals surface area contributed by atoms with Crippen LogP contribution in [0.1, 0.15) is 12.8 Å². The predicted octanol–water partition coefficient (Wildman–Crippen LogP) is 3.28. The molecule has 1 N–H and O–H groups in total. The highest BCUT2D eigenvalue weighted by molar-refractivity contribution is 7.89. The average Bonchev–Trinajstić information content (AvgIpc) is 3.12. The first kappa shape index (κ1) is 23.3. The summed E-state index contributed by atoms with van der Waals surface area (Å²) in [5.41, 5.74) is 1.54. The van der Waals surface area contributed by atoms with E-state index in [0.29, 0.717) is 40.8 Å². The maximum atomic E-state index is 13.1. The van der Waals surface area contributed by atoms with E-state index in [2.05, 4.69) is 10.3 Å². The number of carbonyl (C=O) groups excluding carboxylic acids is 1. The number of fused-ring (bicyclic) bond motifs is 1. The topological polar surface area (TPSA) is 103 Å². The Morgan fingerprint density at radius 1 is 1.09 bits per heavy atom. The minimum atomic E-state index is -3.72. The molecule has 1 aliphatic rings. The van der Waals surface area contributed by atoms with Gasteiger partial charge in [-0.05, 0) is 43.2 Å². The third-order valence-electron chi connectivity index (χ3n) is 5.90. The molecular formula is C22H25ClN4O5S. The highest BCUT2D eigenvalue weighted by atomic mass is 35.5. The number of aryl methyl sites for hydroxylation is 1. The maximum absolute atomic E-state index is 13.1. The zero-order chi connectivity index (χ0) is 23.8. The molecule has 4 rings (SSSR count). The Labute approximate surface area is 197 Å². The van der Waals surface area contributed by atoms with Crippen molar-refractivity contribution in [1.29, 1.82) is 0 Å². The summed E-state index contributed by atoms with van der Waals surface area (Å²) in [6.45, 7) is 0.486. The summed E-state index contributed by atoms with van der Waals surface area (Å²) in [7, 11) is 1.04. The fourth-order valence-electron chi connectivity index (χ4n) is 3.98. The molecule has 1 fully saturated rings. The molecule has 2 heterocycles. The summed E-state index contributed by atoms with van der Waals surface area (Å²) in [5, 5.41) is 3.44. The van der Waals surface area contributed by atoms with E-state index in [-0.39, 0.29) is 29.8 Å². The van der Waals surface area contributed by atoms with Crippen molar-refractivity contribution in [1.82, 2.24) is 13.9 Å².